The molecule has 142 valence electrons. The molecule has 1 heterocycles. The number of nitrogens with zero attached hydrogens (tertiary/aromatic N) is 1. The lowest BCUT2D eigenvalue weighted by Crippen LogP contribution is -2.16. The van der Waals surface area contributed by atoms with E-state index in [4.69, 9.17) is 0 Å². The molecule has 1 aromatic heterocycles. The maximum Gasteiger partial charge on any atom is 0.159 e. The zero-order valence-corrected chi connectivity index (χ0v) is 17.1. The minimum Gasteiger partial charge on any atom is -0.342 e. The van der Waals surface area contributed by atoms with Crippen molar-refractivity contribution in [2.45, 2.75) is 40.5 Å². The number of aromatic nitrogens is 2. The van der Waals surface area contributed by atoms with Crippen molar-refractivity contribution in [2.75, 3.05) is 0 Å². The highest BCUT2D eigenvalue weighted by atomic mass is 16.1. The number of carbonyl (C=O) groups excluding carboxylic acids is 1. The average Bonchev–Trinajstić information content (AvgIpc) is 3.14. The molecule has 0 bridgehead atoms. The van der Waals surface area contributed by atoms with E-state index >= 15 is 0 Å². The minimum atomic E-state index is 0.0943. The van der Waals surface area contributed by atoms with Crippen molar-refractivity contribution in [3.63, 3.8) is 0 Å². The topological polar surface area (TPSA) is 45.8 Å². The van der Waals surface area contributed by atoms with Gasteiger partial charge in [-0.05, 0) is 58.1 Å². The van der Waals surface area contributed by atoms with Crippen LogP contribution in [0.5, 0.6) is 0 Å². The second-order valence-electron chi connectivity index (χ2n) is 8.80. The van der Waals surface area contributed by atoms with Crippen molar-refractivity contribution in [1.82, 2.24) is 9.97 Å². The molecular weight excluding hydrogens is 344 g/mol. The fourth-order valence-electron chi connectivity index (χ4n) is 3.50. The van der Waals surface area contributed by atoms with E-state index in [1.807, 2.05) is 24.4 Å². The molecule has 28 heavy (non-hydrogen) atoms. The first-order valence-electron chi connectivity index (χ1n) is 9.76. The Hall–Kier alpha value is -2.94. The van der Waals surface area contributed by atoms with Gasteiger partial charge in [-0.2, -0.15) is 0 Å². The van der Waals surface area contributed by atoms with Gasteiger partial charge >= 0.3 is 0 Å². The van der Waals surface area contributed by atoms with Crippen LogP contribution in [-0.4, -0.2) is 15.8 Å². The van der Waals surface area contributed by atoms with Gasteiger partial charge in [0.15, 0.2) is 5.78 Å². The molecule has 3 aromatic carbocycles. The molecule has 0 aliphatic carbocycles. The van der Waals surface area contributed by atoms with Crippen LogP contribution < -0.4 is 0 Å². The van der Waals surface area contributed by atoms with E-state index in [1.165, 1.54) is 10.8 Å². The van der Waals surface area contributed by atoms with Crippen LogP contribution >= 0.6 is 0 Å². The van der Waals surface area contributed by atoms with Crippen molar-refractivity contribution in [1.29, 1.82) is 0 Å². The van der Waals surface area contributed by atoms with Crippen molar-refractivity contribution < 1.29 is 4.79 Å². The van der Waals surface area contributed by atoms with Crippen molar-refractivity contribution in [2.24, 2.45) is 5.41 Å². The summed E-state index contributed by atoms with van der Waals surface area (Å²) in [6.45, 7) is 10.5. The molecule has 4 rings (SSSR count). The summed E-state index contributed by atoms with van der Waals surface area (Å²) in [7, 11) is 0. The second-order valence-corrected chi connectivity index (χ2v) is 8.80. The fourth-order valence-corrected chi connectivity index (χ4v) is 3.50. The molecule has 0 spiro atoms. The predicted octanol–water partition coefficient (Wildman–Crippen LogP) is 6.74. The number of nitrogens with one attached hydrogen (secondary N) is 1. The van der Waals surface area contributed by atoms with Crippen molar-refractivity contribution >= 4 is 27.3 Å². The van der Waals surface area contributed by atoms with Crippen LogP contribution in [0.2, 0.25) is 0 Å². The van der Waals surface area contributed by atoms with E-state index in [0.29, 0.717) is 5.92 Å². The van der Waals surface area contributed by atoms with Gasteiger partial charge in [-0.15, -0.1) is 0 Å². The number of hydrogen-bond acceptors (Lipinski definition) is 2. The number of H-pyrrole nitrogens is 1. The lowest BCUT2D eigenvalue weighted by molar-refractivity contribution is 0.101. The Morgan fingerprint density at radius 2 is 1.57 bits per heavy atom. The lowest BCUT2D eigenvalue weighted by Gasteiger charge is -2.25. The van der Waals surface area contributed by atoms with Gasteiger partial charge in [0.1, 0.15) is 5.82 Å². The molecule has 0 radical (unpaired) electrons. The number of imidazole rings is 1. The summed E-state index contributed by atoms with van der Waals surface area (Å²) in [5.41, 5.74) is 3.09. The summed E-state index contributed by atoms with van der Waals surface area (Å²) in [5, 5.41) is 4.58. The Bertz CT molecular complexity index is 1190. The Labute approximate surface area is 165 Å². The van der Waals surface area contributed by atoms with Crippen LogP contribution in [0.15, 0.2) is 54.7 Å². The van der Waals surface area contributed by atoms with Crippen molar-refractivity contribution in [3.05, 3.63) is 66.1 Å². The maximum absolute atomic E-state index is 11.7. The van der Waals surface area contributed by atoms with E-state index in [9.17, 15) is 4.79 Å². The normalized spacial score (nSPS) is 13.2. The van der Waals surface area contributed by atoms with Crippen LogP contribution in [0.4, 0.5) is 0 Å². The third-order valence-corrected chi connectivity index (χ3v) is 5.82. The zero-order chi connectivity index (χ0) is 20.1. The SMILES string of the molecule is CC(=O)c1ccc2cc3cc(-c4cnc([C@@H](C)C(C)(C)C)[nH]4)ccc3cc2c1. The standard InChI is InChI=1S/C25H26N2O/c1-15(25(3,4)5)24-26-14-23(27-24)20-9-8-19-11-21-10-17(16(2)28)6-7-18(21)12-22(19)13-20/h6-15H,1-5H3,(H,26,27)/t15-/m1/s1. The van der Waals surface area contributed by atoms with E-state index in [2.05, 4.69) is 68.0 Å². The third-order valence-electron chi connectivity index (χ3n) is 5.82. The highest BCUT2D eigenvalue weighted by molar-refractivity contribution is 6.03. The first-order valence-corrected chi connectivity index (χ1v) is 9.76. The highest BCUT2D eigenvalue weighted by Gasteiger charge is 2.24. The highest BCUT2D eigenvalue weighted by Crippen LogP contribution is 2.34. The largest absolute Gasteiger partial charge is 0.342 e. The summed E-state index contributed by atoms with van der Waals surface area (Å²) < 4.78 is 0. The maximum atomic E-state index is 11.7. The fraction of sp³-hybridized carbons (Fsp3) is 0.280. The van der Waals surface area contributed by atoms with E-state index < -0.39 is 0 Å². The Kier molecular flexibility index (Phi) is 4.34. The average molecular weight is 370 g/mol. The number of benzene rings is 3. The van der Waals surface area contributed by atoms with Crippen LogP contribution in [0, 0.1) is 5.41 Å². The van der Waals surface area contributed by atoms with Crippen LogP contribution in [0.1, 0.15) is 56.7 Å². The molecule has 3 nitrogen and oxygen atoms in total. The van der Waals surface area contributed by atoms with Crippen LogP contribution in [0.25, 0.3) is 32.8 Å². The lowest BCUT2D eigenvalue weighted by atomic mass is 9.82. The Balaban J connectivity index is 1.75. The molecule has 1 N–H and O–H groups in total. The molecule has 0 unspecified atom stereocenters. The molecular formula is C25H26N2O. The van der Waals surface area contributed by atoms with Gasteiger partial charge in [-0.3, -0.25) is 4.79 Å². The minimum absolute atomic E-state index is 0.0943. The summed E-state index contributed by atoms with van der Waals surface area (Å²) in [6.07, 6.45) is 1.93. The zero-order valence-electron chi connectivity index (χ0n) is 17.1. The third kappa shape index (κ3) is 3.33. The number of rotatable bonds is 3. The quantitative estimate of drug-likeness (QED) is 0.321. The van der Waals surface area contributed by atoms with Gasteiger partial charge in [0, 0.05) is 17.0 Å². The molecule has 0 amide bonds. The number of ketones is 1. The number of aromatic amines is 1. The van der Waals surface area contributed by atoms with Gasteiger partial charge in [0.2, 0.25) is 0 Å². The monoisotopic (exact) mass is 370 g/mol. The summed E-state index contributed by atoms with van der Waals surface area (Å²) >= 11 is 0. The second kappa shape index (κ2) is 6.59. The number of fused-ring (bicyclic) bond motifs is 2. The number of Topliss-reactive ketones (excluding diaryl/α,β-unsaturated/α-hetero) is 1. The molecule has 0 aliphatic heterocycles. The molecule has 3 heteroatoms. The first-order chi connectivity index (χ1) is 13.2. The van der Waals surface area contributed by atoms with Gasteiger partial charge in [-0.1, -0.05) is 52.0 Å². The van der Waals surface area contributed by atoms with Crippen LogP contribution in [-0.2, 0) is 0 Å². The van der Waals surface area contributed by atoms with E-state index in [1.54, 1.807) is 6.92 Å². The summed E-state index contributed by atoms with van der Waals surface area (Å²) in [5.74, 6) is 1.47. The molecule has 0 saturated carbocycles. The van der Waals surface area contributed by atoms with Gasteiger partial charge in [-0.25, -0.2) is 4.98 Å². The number of hydrogen-bond donors (Lipinski definition) is 1. The Morgan fingerprint density at radius 1 is 0.929 bits per heavy atom. The first kappa shape index (κ1) is 18.4. The molecule has 4 aromatic rings. The van der Waals surface area contributed by atoms with Crippen molar-refractivity contribution in [3.8, 4) is 11.3 Å². The summed E-state index contributed by atoms with van der Waals surface area (Å²) in [4.78, 5) is 19.8. The van der Waals surface area contributed by atoms with E-state index in [0.717, 1.165) is 33.4 Å². The van der Waals surface area contributed by atoms with Gasteiger partial charge in [0.05, 0.1) is 11.9 Å². The molecule has 0 aliphatic rings. The molecule has 0 fully saturated rings. The molecule has 1 atom stereocenters. The smallest absolute Gasteiger partial charge is 0.159 e. The van der Waals surface area contributed by atoms with Gasteiger partial charge < -0.3 is 4.98 Å². The molecule has 0 saturated heterocycles. The van der Waals surface area contributed by atoms with Crippen LogP contribution in [0.3, 0.4) is 0 Å². The predicted molar refractivity (Wildman–Crippen MR) is 117 cm³/mol. The van der Waals surface area contributed by atoms with E-state index in [-0.39, 0.29) is 11.2 Å². The van der Waals surface area contributed by atoms with Gasteiger partial charge in [0.25, 0.3) is 0 Å². The Morgan fingerprint density at radius 3 is 2.21 bits per heavy atom. The number of carbonyl (C=O) groups is 1. The summed E-state index contributed by atoms with van der Waals surface area (Å²) in [6, 6.07) is 16.7.